The highest BCUT2D eigenvalue weighted by Crippen LogP contribution is 2.32. The normalized spacial score (nSPS) is 12.6. The Hall–Kier alpha value is -3.20. The van der Waals surface area contributed by atoms with E-state index in [4.69, 9.17) is 0 Å². The maximum absolute atomic E-state index is 12.8. The van der Waals surface area contributed by atoms with Crippen molar-refractivity contribution in [3.8, 4) is 0 Å². The summed E-state index contributed by atoms with van der Waals surface area (Å²) in [4.78, 5) is 37.7. The van der Waals surface area contributed by atoms with E-state index >= 15 is 0 Å². The predicted octanol–water partition coefficient (Wildman–Crippen LogP) is 2.48. The zero-order valence-electron chi connectivity index (χ0n) is 17.6. The number of carbonyl (C=O) groups excluding carboxylic acids is 1. The molecule has 2 atom stereocenters. The van der Waals surface area contributed by atoms with E-state index in [2.05, 4.69) is 5.32 Å². The lowest BCUT2D eigenvalue weighted by Crippen LogP contribution is -2.45. The van der Waals surface area contributed by atoms with Gasteiger partial charge < -0.3 is 20.4 Å². The summed E-state index contributed by atoms with van der Waals surface area (Å²) in [5.74, 6) is -2.81. The van der Waals surface area contributed by atoms with Crippen LogP contribution >= 0.6 is 0 Å². The molecule has 9 heteroatoms. The fourth-order valence-electron chi connectivity index (χ4n) is 3.14. The van der Waals surface area contributed by atoms with Gasteiger partial charge in [-0.15, -0.1) is 0 Å². The number of carboxylic acid groups (broad SMARTS) is 2. The molecule has 31 heavy (non-hydrogen) atoms. The summed E-state index contributed by atoms with van der Waals surface area (Å²) in [5, 5.41) is 21.5. The van der Waals surface area contributed by atoms with Crippen LogP contribution in [0.5, 0.6) is 0 Å². The molecule has 3 N–H and O–H groups in total. The molecule has 0 saturated carbocycles. The van der Waals surface area contributed by atoms with E-state index in [0.29, 0.717) is 11.4 Å². The van der Waals surface area contributed by atoms with E-state index in [9.17, 15) is 28.8 Å². The van der Waals surface area contributed by atoms with Crippen LogP contribution in [0.4, 0.5) is 11.4 Å². The SMILES string of the molecule is Cc1cccc(N(CC(=O)NC(CCS(C)=O)C(=O)O)c2ccccc2C(=O)O)c1C. The van der Waals surface area contributed by atoms with Crippen LogP contribution in [-0.2, 0) is 20.4 Å². The second kappa shape index (κ2) is 10.7. The highest BCUT2D eigenvalue weighted by Gasteiger charge is 2.25. The number of anilines is 2. The molecule has 166 valence electrons. The van der Waals surface area contributed by atoms with Crippen LogP contribution in [-0.4, -0.2) is 56.9 Å². The van der Waals surface area contributed by atoms with Gasteiger partial charge in [0, 0.05) is 28.5 Å². The third-order valence-corrected chi connectivity index (χ3v) is 5.73. The molecule has 2 unspecified atom stereocenters. The summed E-state index contributed by atoms with van der Waals surface area (Å²) in [5.41, 5.74) is 2.81. The molecule has 8 nitrogen and oxygen atoms in total. The van der Waals surface area contributed by atoms with E-state index in [-0.39, 0.29) is 24.3 Å². The van der Waals surface area contributed by atoms with Gasteiger partial charge in [-0.05, 0) is 49.6 Å². The van der Waals surface area contributed by atoms with Crippen LogP contribution in [0.25, 0.3) is 0 Å². The lowest BCUT2D eigenvalue weighted by molar-refractivity contribution is -0.141. The Kier molecular flexibility index (Phi) is 8.32. The third-order valence-electron chi connectivity index (χ3n) is 4.92. The van der Waals surface area contributed by atoms with Crippen LogP contribution in [0.3, 0.4) is 0 Å². The lowest BCUT2D eigenvalue weighted by atomic mass is 10.0. The summed E-state index contributed by atoms with van der Waals surface area (Å²) in [6.45, 7) is 3.49. The van der Waals surface area contributed by atoms with Crippen LogP contribution in [0.2, 0.25) is 0 Å². The molecule has 0 saturated heterocycles. The Labute approximate surface area is 183 Å². The van der Waals surface area contributed by atoms with Gasteiger partial charge in [-0.3, -0.25) is 9.00 Å². The molecule has 0 spiro atoms. The van der Waals surface area contributed by atoms with Gasteiger partial charge in [0.2, 0.25) is 5.91 Å². The van der Waals surface area contributed by atoms with Gasteiger partial charge in [0.1, 0.15) is 12.6 Å². The predicted molar refractivity (Wildman–Crippen MR) is 119 cm³/mol. The molecule has 0 aromatic heterocycles. The second-order valence-electron chi connectivity index (χ2n) is 7.15. The molecule has 1 amide bonds. The summed E-state index contributed by atoms with van der Waals surface area (Å²) in [6, 6.07) is 10.6. The topological polar surface area (TPSA) is 124 Å². The van der Waals surface area contributed by atoms with Crippen molar-refractivity contribution >= 4 is 40.0 Å². The number of aliphatic carboxylic acids is 1. The number of hydrogen-bond donors (Lipinski definition) is 3. The molecule has 2 aromatic carbocycles. The zero-order valence-corrected chi connectivity index (χ0v) is 18.4. The number of carbonyl (C=O) groups is 3. The molecular weight excluding hydrogens is 420 g/mol. The number of carboxylic acids is 2. The third kappa shape index (κ3) is 6.39. The zero-order chi connectivity index (χ0) is 23.1. The van der Waals surface area contributed by atoms with Crippen molar-refractivity contribution in [3.63, 3.8) is 0 Å². The molecule has 0 aliphatic heterocycles. The molecular formula is C22H26N2O6S. The Morgan fingerprint density at radius 1 is 1.03 bits per heavy atom. The minimum Gasteiger partial charge on any atom is -0.480 e. The maximum Gasteiger partial charge on any atom is 0.337 e. The Bertz CT molecular complexity index is 1010. The highest BCUT2D eigenvalue weighted by atomic mass is 32.2. The summed E-state index contributed by atoms with van der Waals surface area (Å²) < 4.78 is 11.3. The van der Waals surface area contributed by atoms with Crippen molar-refractivity contribution in [3.05, 3.63) is 59.2 Å². The Balaban J connectivity index is 2.41. The average Bonchev–Trinajstić information content (AvgIpc) is 2.71. The Morgan fingerprint density at radius 2 is 1.68 bits per heavy atom. The molecule has 2 rings (SSSR count). The van der Waals surface area contributed by atoms with Crippen LogP contribution < -0.4 is 10.2 Å². The first kappa shape index (κ1) is 24.1. The number of aryl methyl sites for hydroxylation is 1. The number of amides is 1. The molecule has 2 aromatic rings. The summed E-state index contributed by atoms with van der Waals surface area (Å²) >= 11 is 0. The van der Waals surface area contributed by atoms with E-state index in [1.54, 1.807) is 29.2 Å². The van der Waals surface area contributed by atoms with Gasteiger partial charge in [0.05, 0.1) is 11.3 Å². The molecule has 0 fully saturated rings. The number of rotatable bonds is 10. The quantitative estimate of drug-likeness (QED) is 0.512. The van der Waals surface area contributed by atoms with Crippen molar-refractivity contribution in [1.82, 2.24) is 5.32 Å². The number of hydrogen-bond acceptors (Lipinski definition) is 5. The van der Waals surface area contributed by atoms with Crippen molar-refractivity contribution < 1.29 is 28.8 Å². The first-order valence-corrected chi connectivity index (χ1v) is 11.3. The molecule has 0 bridgehead atoms. The van der Waals surface area contributed by atoms with Crippen LogP contribution in [0.15, 0.2) is 42.5 Å². The van der Waals surface area contributed by atoms with Gasteiger partial charge in [-0.25, -0.2) is 9.59 Å². The number of para-hydroxylation sites is 1. The molecule has 0 aliphatic rings. The van der Waals surface area contributed by atoms with Gasteiger partial charge in [-0.2, -0.15) is 0 Å². The maximum atomic E-state index is 12.8. The second-order valence-corrected chi connectivity index (χ2v) is 8.71. The average molecular weight is 447 g/mol. The largest absolute Gasteiger partial charge is 0.480 e. The molecule has 0 radical (unpaired) electrons. The van der Waals surface area contributed by atoms with Crippen LogP contribution in [0, 0.1) is 13.8 Å². The first-order chi connectivity index (χ1) is 14.6. The summed E-state index contributed by atoms with van der Waals surface area (Å²) in [7, 11) is -1.19. The number of benzene rings is 2. The number of nitrogens with one attached hydrogen (secondary N) is 1. The number of aromatic carboxylic acids is 1. The standard InChI is InChI=1S/C22H26N2O6S/c1-14-7-6-10-18(15(14)2)24(19-9-5-4-8-16(19)21(26)27)13-20(25)23-17(22(28)29)11-12-31(3)30/h4-10,17H,11-13H2,1-3H3,(H,23,25)(H,26,27)(H,28,29). The first-order valence-electron chi connectivity index (χ1n) is 9.60. The molecule has 0 aliphatic carbocycles. The van der Waals surface area contributed by atoms with E-state index in [1.165, 1.54) is 12.3 Å². The van der Waals surface area contributed by atoms with E-state index in [0.717, 1.165) is 11.1 Å². The Morgan fingerprint density at radius 3 is 2.29 bits per heavy atom. The highest BCUT2D eigenvalue weighted by molar-refractivity contribution is 7.84. The van der Waals surface area contributed by atoms with Crippen LogP contribution in [0.1, 0.15) is 27.9 Å². The van der Waals surface area contributed by atoms with E-state index < -0.39 is 34.7 Å². The van der Waals surface area contributed by atoms with Crippen molar-refractivity contribution in [1.29, 1.82) is 0 Å². The minimum atomic E-state index is -1.22. The number of nitrogens with zero attached hydrogens (tertiary/aromatic N) is 1. The smallest absolute Gasteiger partial charge is 0.337 e. The van der Waals surface area contributed by atoms with E-state index in [1.807, 2.05) is 26.0 Å². The summed E-state index contributed by atoms with van der Waals surface area (Å²) in [6.07, 6.45) is 1.49. The van der Waals surface area contributed by atoms with Crippen molar-refractivity contribution in [2.24, 2.45) is 0 Å². The fourth-order valence-corrected chi connectivity index (χ4v) is 3.71. The fraction of sp³-hybridized carbons (Fsp3) is 0.318. The monoisotopic (exact) mass is 446 g/mol. The minimum absolute atomic E-state index is 0.0207. The molecule has 0 heterocycles. The lowest BCUT2D eigenvalue weighted by Gasteiger charge is -2.28. The van der Waals surface area contributed by atoms with Crippen molar-refractivity contribution in [2.75, 3.05) is 23.5 Å². The van der Waals surface area contributed by atoms with Crippen molar-refractivity contribution in [2.45, 2.75) is 26.3 Å². The van der Waals surface area contributed by atoms with Gasteiger partial charge >= 0.3 is 11.9 Å². The van der Waals surface area contributed by atoms with Gasteiger partial charge in [0.25, 0.3) is 0 Å². The van der Waals surface area contributed by atoms with Gasteiger partial charge in [-0.1, -0.05) is 24.3 Å². The van der Waals surface area contributed by atoms with Gasteiger partial charge in [0.15, 0.2) is 0 Å².